The molecular weight excluding hydrogens is 1380 g/mol. The van der Waals surface area contributed by atoms with Crippen LogP contribution in [0, 0.1) is 35.5 Å². The van der Waals surface area contributed by atoms with Crippen LogP contribution in [0.15, 0.2) is 0 Å². The Labute approximate surface area is 626 Å². The molecule has 0 saturated heterocycles. The molecule has 0 aromatic carbocycles. The summed E-state index contributed by atoms with van der Waals surface area (Å²) >= 11 is 0. The minimum Gasteiger partial charge on any atom is -0.396 e. The zero-order chi connectivity index (χ0) is 80.7. The number of likely N-dealkylation sites (N-methyl/N-ethyl adjacent to an activating group) is 3. The fraction of sp³-hybridized carbons (Fsp3) is 0.944. The molecule has 0 bridgehead atoms. The van der Waals surface area contributed by atoms with E-state index in [0.29, 0.717) is 141 Å². The van der Waals surface area contributed by atoms with Gasteiger partial charge < -0.3 is 100 Å². The van der Waals surface area contributed by atoms with E-state index in [-0.39, 0.29) is 114 Å². The number of carbonyl (C=O) groups is 4. The van der Waals surface area contributed by atoms with Crippen LogP contribution in [-0.4, -0.2) is 337 Å². The second-order valence-electron chi connectivity index (χ2n) is 26.7. The Hall–Kier alpha value is -2.62. The van der Waals surface area contributed by atoms with Gasteiger partial charge in [-0.15, -0.1) is 0 Å². The first-order valence-electron chi connectivity index (χ1n) is 37.1. The average Bonchev–Trinajstić information content (AvgIpc) is 0.875. The molecule has 0 unspecified atom stereocenters. The van der Waals surface area contributed by atoms with E-state index in [9.17, 15) is 36.0 Å². The maximum absolute atomic E-state index is 11.5. The Kier molecular flexibility index (Phi) is 97.7. The van der Waals surface area contributed by atoms with Crippen molar-refractivity contribution in [3.63, 3.8) is 0 Å². The molecule has 0 fully saturated rings. The molecule has 32 heteroatoms. The van der Waals surface area contributed by atoms with Gasteiger partial charge in [-0.25, -0.2) is 25.9 Å². The number of aliphatic hydroxyl groups is 8. The lowest BCUT2D eigenvalue weighted by Gasteiger charge is -2.19. The molecule has 0 aromatic rings. The van der Waals surface area contributed by atoms with Crippen LogP contribution in [0.2, 0.25) is 0 Å². The van der Waals surface area contributed by atoms with Gasteiger partial charge in [-0.3, -0.25) is 19.2 Å². The minimum atomic E-state index is -3.18. The van der Waals surface area contributed by atoms with Crippen molar-refractivity contribution < 1.29 is 105 Å². The van der Waals surface area contributed by atoms with Crippen LogP contribution in [0.4, 0.5) is 0 Å². The lowest BCUT2D eigenvalue weighted by Crippen LogP contribution is -2.35. The van der Waals surface area contributed by atoms with Crippen LogP contribution in [0.5, 0.6) is 0 Å². The van der Waals surface area contributed by atoms with Crippen molar-refractivity contribution in [1.82, 2.24) is 40.1 Å². The number of hydrogen-bond acceptors (Lipinski definition) is 26. The molecule has 0 spiro atoms. The van der Waals surface area contributed by atoms with E-state index in [0.717, 1.165) is 65.2 Å². The number of carbonyl (C=O) groups excluding carboxylic acids is 4. The molecule has 0 rings (SSSR count). The maximum atomic E-state index is 11.5. The van der Waals surface area contributed by atoms with E-state index in [4.69, 9.17) is 69.3 Å². The Bertz CT molecular complexity index is 1970. The molecule has 0 atom stereocenters. The summed E-state index contributed by atoms with van der Waals surface area (Å²) in [6, 6.07) is 0. The largest absolute Gasteiger partial charge is 0.396 e. The van der Waals surface area contributed by atoms with Gasteiger partial charge in [0, 0.05) is 111 Å². The molecule has 0 aromatic heterocycles. The summed E-state index contributed by atoms with van der Waals surface area (Å²) < 4.78 is 79.0. The first-order valence-corrected chi connectivity index (χ1v) is 40.2. The topological polar surface area (TPSA) is 424 Å². The predicted molar refractivity (Wildman–Crippen MR) is 413 cm³/mol. The van der Waals surface area contributed by atoms with Gasteiger partial charge >= 0.3 is 0 Å². The number of Topliss-reactive ketones (excluding diaryl/α,β-unsaturated/α-hetero) is 2. The average molecular weight is 1540 g/mol. The first kappa shape index (κ1) is 116. The molecule has 0 aliphatic carbocycles. The third-order valence-corrected chi connectivity index (χ3v) is 17.0. The van der Waals surface area contributed by atoms with Gasteiger partial charge in [0.25, 0.3) is 0 Å². The van der Waals surface area contributed by atoms with Gasteiger partial charge in [-0.2, -0.15) is 0 Å². The smallest absolute Gasteiger partial charge is 0.224 e. The number of aliphatic hydroxyl groups excluding tert-OH is 8. The first-order chi connectivity index (χ1) is 48.5. The van der Waals surface area contributed by atoms with Crippen molar-refractivity contribution in [2.45, 2.75) is 173 Å². The molecule has 13 N–H and O–H groups in total. The third kappa shape index (κ3) is 101. The molecule has 2 amide bonds. The van der Waals surface area contributed by atoms with E-state index in [1.165, 1.54) is 11.4 Å². The number of ether oxygens (including phenoxy) is 6. The highest BCUT2D eigenvalue weighted by Crippen LogP contribution is 2.06. The Morgan fingerprint density at radius 3 is 1.04 bits per heavy atom. The van der Waals surface area contributed by atoms with Crippen LogP contribution in [0.1, 0.15) is 162 Å². The standard InChI is InChI=1S/2C11H23NO2.C9H19NO3.C9H21NO2.C8H19NO4S.C8H17NO3.C8H19NO2.C7H17NO4S/c2*1-10(2)9-12-7-3-5-11(14)6-4-8-13;1-8(2)9(12)10(3)4-6-13-7-5-11;1-9(2)8-10(3)4-6-12-7-5-11;1-8(2)14(11,12)9(3)4-6-13-7-5-10;1-7(2)8(11)9-3-5-12-6-4-10;1-8(2)7-9-3-5-11-6-4-10;1-7(2)13(10,11)8-3-5-12-6-4-9/h2*10,12-13H,3-9H2,1-2H3;8,11H,4-7H2,1-3H3;9,11H,4-8H2,1-3H3;8,10H,4-7H2,1-3H3;7,10H,3-6H2,1-2H3,(H,9,11);8-10H,3-7H2,1-2H3;7-9H,3-6H2,1-2H3. The highest BCUT2D eigenvalue weighted by atomic mass is 32.2. The van der Waals surface area contributed by atoms with Gasteiger partial charge in [-0.1, -0.05) is 83.1 Å². The molecule has 0 radical (unpaired) electrons. The predicted octanol–water partition coefficient (Wildman–Crippen LogP) is 2.40. The van der Waals surface area contributed by atoms with E-state index in [1.54, 1.807) is 39.6 Å². The second-order valence-corrected chi connectivity index (χ2v) is 31.6. The normalized spacial score (nSPS) is 11.3. The summed E-state index contributed by atoms with van der Waals surface area (Å²) in [5.74, 6) is 3.46. The number of rotatable bonds is 58. The molecule has 0 heterocycles. The number of hydrogen-bond donors (Lipinski definition) is 13. The monoisotopic (exact) mass is 1540 g/mol. The molecule has 30 nitrogen and oxygen atoms in total. The van der Waals surface area contributed by atoms with Crippen LogP contribution >= 0.6 is 0 Å². The highest BCUT2D eigenvalue weighted by Gasteiger charge is 2.21. The Balaban J connectivity index is -0.000000167. The summed E-state index contributed by atoms with van der Waals surface area (Å²) in [6.07, 6.45) is 5.39. The van der Waals surface area contributed by atoms with Crippen molar-refractivity contribution in [3.8, 4) is 0 Å². The fourth-order valence-corrected chi connectivity index (χ4v) is 8.93. The quantitative estimate of drug-likeness (QED) is 0.0389. The van der Waals surface area contributed by atoms with Crippen molar-refractivity contribution in [3.05, 3.63) is 0 Å². The lowest BCUT2D eigenvalue weighted by atomic mass is 10.1. The SMILES string of the molecule is CC(C)C(=O)N(C)CCOCCO.CC(C)C(=O)NCCOCCO.CC(C)CN(C)CCOCCO.CC(C)CNCCCC(=O)CCCO.CC(C)CNCCCC(=O)CCCO.CC(C)CNCCOCCO.CC(C)S(=O)(=O)N(C)CCOCCO.CC(C)S(=O)(=O)NCCOCCO. The zero-order valence-corrected chi connectivity index (χ0v) is 69.5. The van der Waals surface area contributed by atoms with Gasteiger partial charge in [0.2, 0.25) is 31.9 Å². The van der Waals surface area contributed by atoms with E-state index in [2.05, 4.69) is 93.3 Å². The fourth-order valence-electron chi connectivity index (χ4n) is 7.18. The van der Waals surface area contributed by atoms with Crippen molar-refractivity contribution in [1.29, 1.82) is 0 Å². The minimum absolute atomic E-state index is 0.0165. The number of nitrogens with one attached hydrogen (secondary N) is 5. The lowest BCUT2D eigenvalue weighted by molar-refractivity contribution is -0.133. The summed E-state index contributed by atoms with van der Waals surface area (Å²) in [4.78, 5) is 48.5. The maximum Gasteiger partial charge on any atom is 0.224 e. The number of amides is 2. The van der Waals surface area contributed by atoms with Crippen molar-refractivity contribution in [2.24, 2.45) is 35.5 Å². The van der Waals surface area contributed by atoms with E-state index in [1.807, 2.05) is 27.7 Å². The second kappa shape index (κ2) is 86.6. The summed E-state index contributed by atoms with van der Waals surface area (Å²) in [5, 5.41) is 79.1. The third-order valence-electron chi connectivity index (χ3n) is 12.9. The van der Waals surface area contributed by atoms with Crippen molar-refractivity contribution >= 4 is 43.4 Å². The molecular formula is C71H158N8O22S2. The van der Waals surface area contributed by atoms with Crippen LogP contribution in [0.25, 0.3) is 0 Å². The van der Waals surface area contributed by atoms with E-state index >= 15 is 0 Å². The number of sulfonamides is 2. The Morgan fingerprint density at radius 1 is 0.369 bits per heavy atom. The van der Waals surface area contributed by atoms with Crippen LogP contribution in [-0.2, 0) is 67.6 Å². The highest BCUT2D eigenvalue weighted by molar-refractivity contribution is 7.90. The molecule has 103 heavy (non-hydrogen) atoms. The number of nitrogens with zero attached hydrogens (tertiary/aromatic N) is 3. The molecule has 626 valence electrons. The van der Waals surface area contributed by atoms with Gasteiger partial charge in [0.05, 0.1) is 129 Å². The van der Waals surface area contributed by atoms with Crippen LogP contribution < -0.4 is 26.0 Å². The van der Waals surface area contributed by atoms with Gasteiger partial charge in [-0.05, 0) is 117 Å². The van der Waals surface area contributed by atoms with Crippen molar-refractivity contribution in [2.75, 3.05) is 232 Å². The number of ketones is 2. The Morgan fingerprint density at radius 2 is 0.709 bits per heavy atom. The molecule has 0 aliphatic heterocycles. The van der Waals surface area contributed by atoms with Gasteiger partial charge in [0.15, 0.2) is 0 Å². The van der Waals surface area contributed by atoms with Gasteiger partial charge in [0.1, 0.15) is 11.6 Å². The zero-order valence-electron chi connectivity index (χ0n) is 67.9. The van der Waals surface area contributed by atoms with E-state index < -0.39 is 30.5 Å². The molecule has 0 saturated carbocycles. The van der Waals surface area contributed by atoms with Crippen LogP contribution in [0.3, 0.4) is 0 Å². The summed E-state index contributed by atoms with van der Waals surface area (Å²) in [5.41, 5.74) is 0. The summed E-state index contributed by atoms with van der Waals surface area (Å²) in [6.45, 7) is 46.2. The summed E-state index contributed by atoms with van der Waals surface area (Å²) in [7, 11) is -0.985. The molecule has 0 aliphatic rings.